The lowest BCUT2D eigenvalue weighted by Crippen LogP contribution is -2.25. The van der Waals surface area contributed by atoms with E-state index >= 15 is 0 Å². The third-order valence-electron chi connectivity index (χ3n) is 2.78. The highest BCUT2D eigenvalue weighted by Gasteiger charge is 2.08. The Morgan fingerprint density at radius 2 is 2.00 bits per heavy atom. The second-order valence-corrected chi connectivity index (χ2v) is 4.14. The molecule has 0 aliphatic carbocycles. The molecule has 0 amide bonds. The van der Waals surface area contributed by atoms with Gasteiger partial charge in [-0.3, -0.25) is 0 Å². The molecule has 16 heavy (non-hydrogen) atoms. The van der Waals surface area contributed by atoms with Crippen molar-refractivity contribution in [3.8, 4) is 0 Å². The van der Waals surface area contributed by atoms with Gasteiger partial charge in [-0.2, -0.15) is 0 Å². The minimum absolute atomic E-state index is 0.669. The highest BCUT2D eigenvalue weighted by Crippen LogP contribution is 2.11. The van der Waals surface area contributed by atoms with Crippen LogP contribution >= 0.6 is 0 Å². The Hall–Kier alpha value is -0.860. The van der Waals surface area contributed by atoms with Crippen LogP contribution in [0.2, 0.25) is 0 Å². The molecule has 1 aromatic carbocycles. The number of nitrogens with one attached hydrogen (secondary N) is 1. The molecule has 0 aliphatic heterocycles. The highest BCUT2D eigenvalue weighted by molar-refractivity contribution is 5.15. The van der Waals surface area contributed by atoms with E-state index in [9.17, 15) is 0 Å². The van der Waals surface area contributed by atoms with Gasteiger partial charge in [0.15, 0.2) is 0 Å². The number of hydrogen-bond donors (Lipinski definition) is 1. The van der Waals surface area contributed by atoms with E-state index in [1.807, 2.05) is 0 Å². The highest BCUT2D eigenvalue weighted by atomic mass is 16.5. The normalized spacial score (nSPS) is 12.6. The Morgan fingerprint density at radius 3 is 2.62 bits per heavy atom. The van der Waals surface area contributed by atoms with Crippen LogP contribution in [0.1, 0.15) is 18.9 Å². The van der Waals surface area contributed by atoms with Crippen molar-refractivity contribution in [1.82, 2.24) is 5.32 Å². The molecular weight excluding hydrogens is 198 g/mol. The molecular formula is C14H23NO. The summed E-state index contributed by atoms with van der Waals surface area (Å²) >= 11 is 0. The second kappa shape index (κ2) is 8.31. The first kappa shape index (κ1) is 13.2. The fourth-order valence-electron chi connectivity index (χ4n) is 1.86. The minimum Gasteiger partial charge on any atom is -0.385 e. The summed E-state index contributed by atoms with van der Waals surface area (Å²) in [6.07, 6.45) is 2.26. The maximum atomic E-state index is 5.16. The molecule has 1 unspecified atom stereocenters. The minimum atomic E-state index is 0.669. The van der Waals surface area contributed by atoms with Crippen molar-refractivity contribution in [1.29, 1.82) is 0 Å². The molecule has 2 nitrogen and oxygen atoms in total. The zero-order chi connectivity index (χ0) is 11.6. The molecule has 1 rings (SSSR count). The third-order valence-corrected chi connectivity index (χ3v) is 2.78. The van der Waals surface area contributed by atoms with Gasteiger partial charge in [-0.1, -0.05) is 37.3 Å². The molecule has 0 aliphatic rings. The number of rotatable bonds is 8. The van der Waals surface area contributed by atoms with Crippen LogP contribution in [0.15, 0.2) is 30.3 Å². The van der Waals surface area contributed by atoms with Crippen LogP contribution in [0.3, 0.4) is 0 Å². The van der Waals surface area contributed by atoms with Crippen molar-refractivity contribution < 1.29 is 4.74 Å². The fraction of sp³-hybridized carbons (Fsp3) is 0.571. The smallest absolute Gasteiger partial charge is 0.0465 e. The summed E-state index contributed by atoms with van der Waals surface area (Å²) < 4.78 is 5.16. The lowest BCUT2D eigenvalue weighted by atomic mass is 9.96. The van der Waals surface area contributed by atoms with Crippen molar-refractivity contribution in [3.05, 3.63) is 35.9 Å². The van der Waals surface area contributed by atoms with Crippen LogP contribution < -0.4 is 5.32 Å². The van der Waals surface area contributed by atoms with Gasteiger partial charge in [-0.05, 0) is 37.4 Å². The van der Waals surface area contributed by atoms with Gasteiger partial charge < -0.3 is 10.1 Å². The average molecular weight is 221 g/mol. The monoisotopic (exact) mass is 221 g/mol. The Kier molecular flexibility index (Phi) is 6.86. The van der Waals surface area contributed by atoms with Gasteiger partial charge >= 0.3 is 0 Å². The molecule has 0 aromatic heterocycles. The van der Waals surface area contributed by atoms with E-state index in [1.165, 1.54) is 5.56 Å². The molecule has 0 saturated heterocycles. The second-order valence-electron chi connectivity index (χ2n) is 4.14. The first-order valence-corrected chi connectivity index (χ1v) is 6.10. The summed E-state index contributed by atoms with van der Waals surface area (Å²) in [5.74, 6) is 0.669. The van der Waals surface area contributed by atoms with Crippen LogP contribution in [0.4, 0.5) is 0 Å². The van der Waals surface area contributed by atoms with E-state index in [0.717, 1.165) is 32.5 Å². The topological polar surface area (TPSA) is 21.3 Å². The summed E-state index contributed by atoms with van der Waals surface area (Å²) in [5.41, 5.74) is 1.42. The molecule has 2 heteroatoms. The summed E-state index contributed by atoms with van der Waals surface area (Å²) in [7, 11) is 1.77. The van der Waals surface area contributed by atoms with Gasteiger partial charge in [0.05, 0.1) is 0 Å². The molecule has 90 valence electrons. The van der Waals surface area contributed by atoms with Gasteiger partial charge in [0, 0.05) is 13.7 Å². The fourth-order valence-corrected chi connectivity index (χ4v) is 1.86. The molecule has 0 fully saturated rings. The van der Waals surface area contributed by atoms with Crippen molar-refractivity contribution in [2.75, 3.05) is 26.8 Å². The zero-order valence-electron chi connectivity index (χ0n) is 10.4. The predicted octanol–water partition coefficient (Wildman–Crippen LogP) is 2.49. The van der Waals surface area contributed by atoms with E-state index in [4.69, 9.17) is 4.74 Å². The van der Waals surface area contributed by atoms with Crippen LogP contribution in [-0.4, -0.2) is 26.8 Å². The van der Waals surface area contributed by atoms with E-state index in [2.05, 4.69) is 42.6 Å². The zero-order valence-corrected chi connectivity index (χ0v) is 10.4. The van der Waals surface area contributed by atoms with E-state index in [0.29, 0.717) is 5.92 Å². The Labute approximate surface area is 99.0 Å². The molecule has 1 aromatic rings. The number of benzene rings is 1. The van der Waals surface area contributed by atoms with Crippen LogP contribution in [0.5, 0.6) is 0 Å². The van der Waals surface area contributed by atoms with Crippen molar-refractivity contribution in [3.63, 3.8) is 0 Å². The maximum absolute atomic E-state index is 5.16. The Bertz CT molecular complexity index is 253. The third kappa shape index (κ3) is 5.29. The number of methoxy groups -OCH3 is 1. The largest absolute Gasteiger partial charge is 0.385 e. The summed E-state index contributed by atoms with van der Waals surface area (Å²) in [5, 5.41) is 3.42. The first-order valence-electron chi connectivity index (χ1n) is 6.10. The van der Waals surface area contributed by atoms with Crippen LogP contribution in [0.25, 0.3) is 0 Å². The first-order chi connectivity index (χ1) is 7.86. The quantitative estimate of drug-likeness (QED) is 0.728. The molecule has 0 heterocycles. The molecule has 0 bridgehead atoms. The lowest BCUT2D eigenvalue weighted by Gasteiger charge is -2.16. The standard InChI is InChI=1S/C14H23NO/c1-3-15-12-14(9-10-16-2)11-13-7-5-4-6-8-13/h4-8,14-15H,3,9-12H2,1-2H3. The van der Waals surface area contributed by atoms with Crippen molar-refractivity contribution >= 4 is 0 Å². The molecule has 0 spiro atoms. The van der Waals surface area contributed by atoms with Crippen LogP contribution in [0, 0.1) is 5.92 Å². The molecule has 0 radical (unpaired) electrons. The molecule has 0 saturated carbocycles. The van der Waals surface area contributed by atoms with Crippen molar-refractivity contribution in [2.45, 2.75) is 19.8 Å². The maximum Gasteiger partial charge on any atom is 0.0465 e. The number of hydrogen-bond acceptors (Lipinski definition) is 2. The summed E-state index contributed by atoms with van der Waals surface area (Å²) in [6.45, 7) is 5.12. The predicted molar refractivity (Wildman–Crippen MR) is 68.7 cm³/mol. The van der Waals surface area contributed by atoms with Crippen LogP contribution in [-0.2, 0) is 11.2 Å². The van der Waals surface area contributed by atoms with Gasteiger partial charge in [0.1, 0.15) is 0 Å². The SMILES string of the molecule is CCNCC(CCOC)Cc1ccccc1. The lowest BCUT2D eigenvalue weighted by molar-refractivity contribution is 0.176. The van der Waals surface area contributed by atoms with Gasteiger partial charge in [-0.15, -0.1) is 0 Å². The van der Waals surface area contributed by atoms with Gasteiger partial charge in [0.2, 0.25) is 0 Å². The van der Waals surface area contributed by atoms with Crippen molar-refractivity contribution in [2.24, 2.45) is 5.92 Å². The van der Waals surface area contributed by atoms with Gasteiger partial charge in [0.25, 0.3) is 0 Å². The molecule has 1 N–H and O–H groups in total. The van der Waals surface area contributed by atoms with E-state index < -0.39 is 0 Å². The average Bonchev–Trinajstić information content (AvgIpc) is 2.34. The summed E-state index contributed by atoms with van der Waals surface area (Å²) in [6, 6.07) is 10.7. The van der Waals surface area contributed by atoms with Gasteiger partial charge in [-0.25, -0.2) is 0 Å². The Balaban J connectivity index is 2.42. The Morgan fingerprint density at radius 1 is 1.25 bits per heavy atom. The summed E-state index contributed by atoms with van der Waals surface area (Å²) in [4.78, 5) is 0. The van der Waals surface area contributed by atoms with E-state index in [1.54, 1.807) is 7.11 Å². The van der Waals surface area contributed by atoms with E-state index in [-0.39, 0.29) is 0 Å². The number of ether oxygens (including phenoxy) is 1. The molecule has 1 atom stereocenters.